The number of rotatable bonds is 2. The highest BCUT2D eigenvalue weighted by Crippen LogP contribution is 2.19. The number of nitro benzene ring substituents is 1. The maximum Gasteiger partial charge on any atom is 0.270 e. The van der Waals surface area contributed by atoms with Crippen molar-refractivity contribution in [3.05, 3.63) is 39.4 Å². The van der Waals surface area contributed by atoms with Crippen LogP contribution >= 0.6 is 0 Å². The van der Waals surface area contributed by atoms with Gasteiger partial charge in [0.2, 0.25) is 5.91 Å². The molecule has 1 N–H and O–H groups in total. The molecule has 2 amide bonds. The molecule has 1 aromatic rings. The third kappa shape index (κ3) is 2.93. The Morgan fingerprint density at radius 2 is 2.15 bits per heavy atom. The molecular formula is C13H15N3O4. The van der Waals surface area contributed by atoms with Crippen molar-refractivity contribution in [2.24, 2.45) is 0 Å². The van der Waals surface area contributed by atoms with E-state index < -0.39 is 4.92 Å². The number of non-ortho nitro benzene ring substituents is 1. The normalized spacial score (nSPS) is 15.4. The first-order valence-electron chi connectivity index (χ1n) is 6.30. The summed E-state index contributed by atoms with van der Waals surface area (Å²) in [6.45, 7) is 2.87. The Morgan fingerprint density at radius 3 is 2.85 bits per heavy atom. The molecule has 0 saturated carbocycles. The summed E-state index contributed by atoms with van der Waals surface area (Å²) in [6, 6.07) is 4.23. The minimum absolute atomic E-state index is 0.0870. The van der Waals surface area contributed by atoms with Crippen molar-refractivity contribution in [1.29, 1.82) is 0 Å². The second-order valence-electron chi connectivity index (χ2n) is 4.65. The molecule has 0 spiro atoms. The van der Waals surface area contributed by atoms with E-state index in [2.05, 4.69) is 5.32 Å². The van der Waals surface area contributed by atoms with Gasteiger partial charge in [0, 0.05) is 43.8 Å². The third-order valence-corrected chi connectivity index (χ3v) is 3.26. The summed E-state index contributed by atoms with van der Waals surface area (Å²) in [6.07, 6.45) is 0.250. The maximum atomic E-state index is 12.4. The van der Waals surface area contributed by atoms with E-state index >= 15 is 0 Å². The molecule has 2 rings (SSSR count). The fraction of sp³-hybridized carbons (Fsp3) is 0.385. The van der Waals surface area contributed by atoms with E-state index in [0.29, 0.717) is 30.8 Å². The van der Waals surface area contributed by atoms with Crippen molar-refractivity contribution in [2.75, 3.05) is 19.6 Å². The van der Waals surface area contributed by atoms with Crippen LogP contribution in [0.2, 0.25) is 0 Å². The molecule has 0 atom stereocenters. The number of amides is 2. The van der Waals surface area contributed by atoms with Gasteiger partial charge in [0.15, 0.2) is 0 Å². The van der Waals surface area contributed by atoms with Crippen LogP contribution in [0.3, 0.4) is 0 Å². The van der Waals surface area contributed by atoms with Gasteiger partial charge in [-0.2, -0.15) is 0 Å². The summed E-state index contributed by atoms with van der Waals surface area (Å²) in [7, 11) is 0. The molecule has 0 unspecified atom stereocenters. The van der Waals surface area contributed by atoms with Crippen LogP contribution in [0.25, 0.3) is 0 Å². The predicted molar refractivity (Wildman–Crippen MR) is 71.4 cm³/mol. The van der Waals surface area contributed by atoms with Crippen LogP contribution in [0.4, 0.5) is 5.69 Å². The number of nitrogens with zero attached hydrogens (tertiary/aromatic N) is 2. The molecule has 20 heavy (non-hydrogen) atoms. The van der Waals surface area contributed by atoms with Gasteiger partial charge in [-0.15, -0.1) is 0 Å². The van der Waals surface area contributed by atoms with Crippen LogP contribution in [-0.2, 0) is 4.79 Å². The van der Waals surface area contributed by atoms with Gasteiger partial charge in [-0.1, -0.05) is 6.07 Å². The first-order valence-corrected chi connectivity index (χ1v) is 6.30. The van der Waals surface area contributed by atoms with E-state index in [4.69, 9.17) is 0 Å². The second-order valence-corrected chi connectivity index (χ2v) is 4.65. The molecule has 106 valence electrons. The van der Waals surface area contributed by atoms with Gasteiger partial charge in [-0.3, -0.25) is 19.7 Å². The van der Waals surface area contributed by atoms with Gasteiger partial charge in [-0.25, -0.2) is 0 Å². The summed E-state index contributed by atoms with van der Waals surface area (Å²) in [5.74, 6) is -0.362. The second kappa shape index (κ2) is 5.68. The number of aryl methyl sites for hydroxylation is 1. The highest BCUT2D eigenvalue weighted by atomic mass is 16.6. The number of carbonyl (C=O) groups is 2. The van der Waals surface area contributed by atoms with Crippen LogP contribution < -0.4 is 5.32 Å². The van der Waals surface area contributed by atoms with Gasteiger partial charge >= 0.3 is 0 Å². The molecule has 0 bridgehead atoms. The molecule has 1 aliphatic rings. The van der Waals surface area contributed by atoms with E-state index in [1.54, 1.807) is 17.9 Å². The van der Waals surface area contributed by atoms with Crippen molar-refractivity contribution in [3.8, 4) is 0 Å². The third-order valence-electron chi connectivity index (χ3n) is 3.26. The average Bonchev–Trinajstić information content (AvgIpc) is 2.63. The fourth-order valence-corrected chi connectivity index (χ4v) is 2.09. The SMILES string of the molecule is Cc1ccc([N+](=O)[O-])cc1C(=O)N1CCNC(=O)CC1. The molecule has 1 fully saturated rings. The minimum atomic E-state index is -0.524. The van der Waals surface area contributed by atoms with Crippen LogP contribution in [0, 0.1) is 17.0 Å². The van der Waals surface area contributed by atoms with Crippen LogP contribution in [0.1, 0.15) is 22.3 Å². The Labute approximate surface area is 115 Å². The number of nitrogens with one attached hydrogen (secondary N) is 1. The Kier molecular flexibility index (Phi) is 3.97. The van der Waals surface area contributed by atoms with Crippen molar-refractivity contribution in [2.45, 2.75) is 13.3 Å². The standard InChI is InChI=1S/C13H15N3O4/c1-9-2-3-10(16(19)20)8-11(9)13(18)15-6-4-12(17)14-5-7-15/h2-3,8H,4-7H2,1H3,(H,14,17). The quantitative estimate of drug-likeness (QED) is 0.641. The number of hydrogen-bond donors (Lipinski definition) is 1. The molecular weight excluding hydrogens is 262 g/mol. The van der Waals surface area contributed by atoms with Gasteiger partial charge in [0.1, 0.15) is 0 Å². The molecule has 1 aliphatic heterocycles. The summed E-state index contributed by atoms with van der Waals surface area (Å²) in [5.41, 5.74) is 0.889. The summed E-state index contributed by atoms with van der Waals surface area (Å²) in [4.78, 5) is 35.5. The average molecular weight is 277 g/mol. The lowest BCUT2D eigenvalue weighted by Gasteiger charge is -2.20. The molecule has 0 aliphatic carbocycles. The van der Waals surface area contributed by atoms with Gasteiger partial charge in [-0.05, 0) is 12.5 Å². The lowest BCUT2D eigenvalue weighted by Crippen LogP contribution is -2.34. The number of hydrogen-bond acceptors (Lipinski definition) is 4. The summed E-state index contributed by atoms with van der Waals surface area (Å²) in [5, 5.41) is 13.5. The maximum absolute atomic E-state index is 12.4. The highest BCUT2D eigenvalue weighted by molar-refractivity contribution is 5.96. The topological polar surface area (TPSA) is 92.6 Å². The summed E-state index contributed by atoms with van der Waals surface area (Å²) < 4.78 is 0. The van der Waals surface area contributed by atoms with Crippen LogP contribution in [-0.4, -0.2) is 41.3 Å². The smallest absolute Gasteiger partial charge is 0.270 e. The van der Waals surface area contributed by atoms with Gasteiger partial charge in [0.25, 0.3) is 11.6 Å². The number of carbonyl (C=O) groups excluding carboxylic acids is 2. The highest BCUT2D eigenvalue weighted by Gasteiger charge is 2.22. The first kappa shape index (κ1) is 14.0. The number of benzene rings is 1. The Hall–Kier alpha value is -2.44. The molecule has 1 aromatic carbocycles. The predicted octanol–water partition coefficient (Wildman–Crippen LogP) is 0.865. The van der Waals surface area contributed by atoms with E-state index in [1.165, 1.54) is 12.1 Å². The molecule has 1 saturated heterocycles. The van der Waals surface area contributed by atoms with E-state index in [-0.39, 0.29) is 23.9 Å². The zero-order valence-corrected chi connectivity index (χ0v) is 11.1. The van der Waals surface area contributed by atoms with Crippen LogP contribution in [0.15, 0.2) is 18.2 Å². The lowest BCUT2D eigenvalue weighted by atomic mass is 10.1. The van der Waals surface area contributed by atoms with E-state index in [1.807, 2.05) is 0 Å². The number of nitro groups is 1. The van der Waals surface area contributed by atoms with E-state index in [9.17, 15) is 19.7 Å². The van der Waals surface area contributed by atoms with Crippen molar-refractivity contribution < 1.29 is 14.5 Å². The Balaban J connectivity index is 2.25. The zero-order chi connectivity index (χ0) is 14.7. The van der Waals surface area contributed by atoms with Crippen molar-refractivity contribution in [1.82, 2.24) is 10.2 Å². The van der Waals surface area contributed by atoms with E-state index in [0.717, 1.165) is 0 Å². The molecule has 1 heterocycles. The minimum Gasteiger partial charge on any atom is -0.354 e. The van der Waals surface area contributed by atoms with Crippen molar-refractivity contribution >= 4 is 17.5 Å². The zero-order valence-electron chi connectivity index (χ0n) is 11.1. The lowest BCUT2D eigenvalue weighted by molar-refractivity contribution is -0.384. The van der Waals surface area contributed by atoms with Crippen molar-refractivity contribution in [3.63, 3.8) is 0 Å². The largest absolute Gasteiger partial charge is 0.354 e. The molecule has 7 heteroatoms. The molecule has 0 aromatic heterocycles. The molecule has 7 nitrogen and oxygen atoms in total. The summed E-state index contributed by atoms with van der Waals surface area (Å²) >= 11 is 0. The monoisotopic (exact) mass is 277 g/mol. The van der Waals surface area contributed by atoms with Gasteiger partial charge in [0.05, 0.1) is 4.92 Å². The Bertz CT molecular complexity index is 571. The van der Waals surface area contributed by atoms with Gasteiger partial charge < -0.3 is 10.2 Å². The Morgan fingerprint density at radius 1 is 1.40 bits per heavy atom. The van der Waals surface area contributed by atoms with Crippen LogP contribution in [0.5, 0.6) is 0 Å². The molecule has 0 radical (unpaired) electrons. The first-order chi connectivity index (χ1) is 9.49. The fourth-order valence-electron chi connectivity index (χ4n) is 2.09.